The number of hydrogen-bond acceptors (Lipinski definition) is 6. The van der Waals surface area contributed by atoms with Crippen molar-refractivity contribution in [1.29, 1.82) is 0 Å². The first-order valence-electron chi connectivity index (χ1n) is 5.76. The number of rotatable bonds is 4. The summed E-state index contributed by atoms with van der Waals surface area (Å²) >= 11 is 2.94. The van der Waals surface area contributed by atoms with Gasteiger partial charge < -0.3 is 10.2 Å². The van der Waals surface area contributed by atoms with Gasteiger partial charge in [-0.1, -0.05) is 6.07 Å². The summed E-state index contributed by atoms with van der Waals surface area (Å²) in [5.41, 5.74) is 5.99. The van der Waals surface area contributed by atoms with Gasteiger partial charge in [-0.3, -0.25) is 0 Å². The average molecular weight is 307 g/mol. The largest absolute Gasteiger partial charge is 0.419 e. The number of nitrogen functional groups attached to an aromatic ring is 1. The third-order valence-electron chi connectivity index (χ3n) is 2.45. The minimum atomic E-state index is -0.350. The summed E-state index contributed by atoms with van der Waals surface area (Å²) in [4.78, 5) is 1.67. The van der Waals surface area contributed by atoms with E-state index in [1.165, 1.54) is 35.2 Å². The van der Waals surface area contributed by atoms with E-state index in [4.69, 9.17) is 10.2 Å². The Balaban J connectivity index is 1.69. The lowest BCUT2D eigenvalue weighted by Gasteiger charge is -2.00. The van der Waals surface area contributed by atoms with E-state index < -0.39 is 0 Å². The van der Waals surface area contributed by atoms with Gasteiger partial charge in [0.05, 0.1) is 10.6 Å². The van der Waals surface area contributed by atoms with Gasteiger partial charge in [-0.2, -0.15) is 0 Å². The standard InChI is InChI=1S/C13H10FN3OS2/c14-8-4-9(15)6-10(5-8)20-7-12-16-17-13(18-12)11-2-1-3-19-11/h1-6H,7,15H2. The van der Waals surface area contributed by atoms with Gasteiger partial charge in [0.25, 0.3) is 5.89 Å². The second-order valence-corrected chi connectivity index (χ2v) is 5.98. The molecule has 2 aromatic heterocycles. The summed E-state index contributed by atoms with van der Waals surface area (Å²) in [6.07, 6.45) is 0. The van der Waals surface area contributed by atoms with Crippen LogP contribution in [0.25, 0.3) is 10.8 Å². The maximum absolute atomic E-state index is 13.2. The lowest BCUT2D eigenvalue weighted by molar-refractivity contribution is 0.529. The summed E-state index contributed by atoms with van der Waals surface area (Å²) in [5.74, 6) is 1.13. The number of anilines is 1. The molecule has 0 aliphatic heterocycles. The quantitative estimate of drug-likeness (QED) is 0.586. The predicted octanol–water partition coefficient (Wildman–Crippen LogP) is 3.81. The van der Waals surface area contributed by atoms with Crippen LogP contribution >= 0.6 is 23.1 Å². The number of halogens is 1. The smallest absolute Gasteiger partial charge is 0.257 e. The van der Waals surface area contributed by atoms with Crippen molar-refractivity contribution in [3.05, 3.63) is 47.4 Å². The molecule has 0 radical (unpaired) electrons. The minimum Gasteiger partial charge on any atom is -0.419 e. The lowest BCUT2D eigenvalue weighted by atomic mass is 10.3. The van der Waals surface area contributed by atoms with Gasteiger partial charge in [-0.05, 0) is 29.6 Å². The Kier molecular flexibility index (Phi) is 3.70. The van der Waals surface area contributed by atoms with Crippen LogP contribution in [0.1, 0.15) is 5.89 Å². The molecule has 4 nitrogen and oxygen atoms in total. The van der Waals surface area contributed by atoms with Crippen LogP contribution in [0.3, 0.4) is 0 Å². The molecule has 1 aromatic carbocycles. The number of thiophene rings is 1. The van der Waals surface area contributed by atoms with Crippen molar-refractivity contribution in [2.24, 2.45) is 0 Å². The Bertz CT molecular complexity index is 692. The van der Waals surface area contributed by atoms with E-state index in [-0.39, 0.29) is 5.82 Å². The Morgan fingerprint density at radius 2 is 2.20 bits per heavy atom. The van der Waals surface area contributed by atoms with E-state index in [2.05, 4.69) is 10.2 Å². The summed E-state index contributed by atoms with van der Waals surface area (Å²) < 4.78 is 18.8. The number of benzene rings is 1. The van der Waals surface area contributed by atoms with E-state index in [0.29, 0.717) is 23.2 Å². The van der Waals surface area contributed by atoms with Gasteiger partial charge in [-0.25, -0.2) is 4.39 Å². The molecular formula is C13H10FN3OS2. The van der Waals surface area contributed by atoms with Crippen LogP contribution in [0.2, 0.25) is 0 Å². The predicted molar refractivity (Wildman–Crippen MR) is 78.0 cm³/mol. The van der Waals surface area contributed by atoms with E-state index in [1.54, 1.807) is 6.07 Å². The fourth-order valence-electron chi connectivity index (χ4n) is 1.62. The molecule has 3 rings (SSSR count). The van der Waals surface area contributed by atoms with Crippen molar-refractivity contribution >= 4 is 28.8 Å². The number of aromatic nitrogens is 2. The van der Waals surface area contributed by atoms with Crippen molar-refractivity contribution in [2.75, 3.05) is 5.73 Å². The molecule has 0 bridgehead atoms. The maximum Gasteiger partial charge on any atom is 0.257 e. The first-order valence-corrected chi connectivity index (χ1v) is 7.62. The van der Waals surface area contributed by atoms with Crippen LogP contribution in [0, 0.1) is 5.82 Å². The molecule has 0 amide bonds. The molecule has 102 valence electrons. The van der Waals surface area contributed by atoms with Gasteiger partial charge in [0.1, 0.15) is 5.82 Å². The number of thioether (sulfide) groups is 1. The van der Waals surface area contributed by atoms with Gasteiger partial charge >= 0.3 is 0 Å². The summed E-state index contributed by atoms with van der Waals surface area (Å²) in [7, 11) is 0. The molecule has 0 unspecified atom stereocenters. The van der Waals surface area contributed by atoms with Crippen molar-refractivity contribution in [1.82, 2.24) is 10.2 Å². The zero-order valence-electron chi connectivity index (χ0n) is 10.2. The molecule has 0 atom stereocenters. The van der Waals surface area contributed by atoms with Crippen molar-refractivity contribution in [3.8, 4) is 10.8 Å². The summed E-state index contributed by atoms with van der Waals surface area (Å²) in [5, 5.41) is 9.91. The minimum absolute atomic E-state index is 0.350. The molecule has 7 heteroatoms. The van der Waals surface area contributed by atoms with Crippen molar-refractivity contribution < 1.29 is 8.81 Å². The fourth-order valence-corrected chi connectivity index (χ4v) is 3.09. The van der Waals surface area contributed by atoms with Crippen LogP contribution in [-0.4, -0.2) is 10.2 Å². The molecule has 2 heterocycles. The SMILES string of the molecule is Nc1cc(F)cc(SCc2nnc(-c3cccs3)o2)c1. The Hall–Kier alpha value is -1.86. The third kappa shape index (κ3) is 3.00. The highest BCUT2D eigenvalue weighted by Gasteiger charge is 2.10. The second-order valence-electron chi connectivity index (χ2n) is 3.99. The van der Waals surface area contributed by atoms with Gasteiger partial charge in [0, 0.05) is 10.6 Å². The number of nitrogens with zero attached hydrogens (tertiary/aromatic N) is 2. The van der Waals surface area contributed by atoms with Crippen LogP contribution in [0.5, 0.6) is 0 Å². The number of nitrogens with two attached hydrogens (primary N) is 1. The molecule has 0 aliphatic rings. The number of hydrogen-bond donors (Lipinski definition) is 1. The average Bonchev–Trinajstić information content (AvgIpc) is 3.06. The zero-order valence-corrected chi connectivity index (χ0v) is 11.9. The molecule has 0 saturated heterocycles. The monoisotopic (exact) mass is 307 g/mol. The van der Waals surface area contributed by atoms with Crippen LogP contribution in [0.15, 0.2) is 45.0 Å². The van der Waals surface area contributed by atoms with E-state index >= 15 is 0 Å². The third-order valence-corrected chi connectivity index (χ3v) is 4.27. The Morgan fingerprint density at radius 1 is 1.30 bits per heavy atom. The van der Waals surface area contributed by atoms with E-state index in [9.17, 15) is 4.39 Å². The Labute approximate surface area is 122 Å². The Morgan fingerprint density at radius 3 is 2.95 bits per heavy atom. The fraction of sp³-hybridized carbons (Fsp3) is 0.0769. The molecule has 20 heavy (non-hydrogen) atoms. The van der Waals surface area contributed by atoms with E-state index in [1.807, 2.05) is 17.5 Å². The van der Waals surface area contributed by atoms with Gasteiger partial charge in [0.2, 0.25) is 5.89 Å². The first-order chi connectivity index (χ1) is 9.70. The van der Waals surface area contributed by atoms with Crippen LogP contribution in [-0.2, 0) is 5.75 Å². The lowest BCUT2D eigenvalue weighted by Crippen LogP contribution is -1.88. The summed E-state index contributed by atoms with van der Waals surface area (Å²) in [6, 6.07) is 8.27. The van der Waals surface area contributed by atoms with Crippen molar-refractivity contribution in [3.63, 3.8) is 0 Å². The highest BCUT2D eigenvalue weighted by atomic mass is 32.2. The first kappa shape index (κ1) is 13.1. The van der Waals surface area contributed by atoms with E-state index in [0.717, 1.165) is 9.77 Å². The molecule has 0 spiro atoms. The van der Waals surface area contributed by atoms with Crippen molar-refractivity contribution in [2.45, 2.75) is 10.6 Å². The van der Waals surface area contributed by atoms with Crippen LogP contribution in [0.4, 0.5) is 10.1 Å². The zero-order chi connectivity index (χ0) is 13.9. The maximum atomic E-state index is 13.2. The van der Waals surface area contributed by atoms with Crippen LogP contribution < -0.4 is 5.73 Å². The molecule has 0 aliphatic carbocycles. The molecule has 0 saturated carbocycles. The molecule has 0 fully saturated rings. The van der Waals surface area contributed by atoms with Gasteiger partial charge in [0.15, 0.2) is 0 Å². The molecule has 3 aromatic rings. The topological polar surface area (TPSA) is 64.9 Å². The second kappa shape index (κ2) is 5.64. The molecular weight excluding hydrogens is 297 g/mol. The molecule has 2 N–H and O–H groups in total. The summed E-state index contributed by atoms with van der Waals surface area (Å²) in [6.45, 7) is 0. The highest BCUT2D eigenvalue weighted by Crippen LogP contribution is 2.27. The normalized spacial score (nSPS) is 10.8. The highest BCUT2D eigenvalue weighted by molar-refractivity contribution is 7.98. The van der Waals surface area contributed by atoms with Gasteiger partial charge in [-0.15, -0.1) is 33.3 Å².